The molecular formula is C20H21NO4. The van der Waals surface area contributed by atoms with Gasteiger partial charge in [-0.05, 0) is 17.5 Å². The summed E-state index contributed by atoms with van der Waals surface area (Å²) in [6.45, 7) is 0.885. The van der Waals surface area contributed by atoms with Gasteiger partial charge in [-0.1, -0.05) is 60.7 Å². The molecule has 3 rings (SSSR count). The topological polar surface area (TPSA) is 75.6 Å². The third-order valence-electron chi connectivity index (χ3n) is 4.52. The van der Waals surface area contributed by atoms with Crippen LogP contribution in [-0.2, 0) is 14.3 Å². The summed E-state index contributed by atoms with van der Waals surface area (Å²) in [6, 6.07) is 17.8. The lowest BCUT2D eigenvalue weighted by Gasteiger charge is -2.27. The normalized spacial score (nSPS) is 18.0. The van der Waals surface area contributed by atoms with Gasteiger partial charge in [0.1, 0.15) is 6.04 Å². The van der Waals surface area contributed by atoms with Crippen molar-refractivity contribution in [3.63, 3.8) is 0 Å². The second-order valence-electron chi connectivity index (χ2n) is 6.18. The Labute approximate surface area is 146 Å². The fourth-order valence-electron chi connectivity index (χ4n) is 3.20. The van der Waals surface area contributed by atoms with Crippen LogP contribution in [0.3, 0.4) is 0 Å². The summed E-state index contributed by atoms with van der Waals surface area (Å²) in [5.41, 5.74) is 1.70. The highest BCUT2D eigenvalue weighted by Gasteiger charge is 2.34. The smallest absolute Gasteiger partial charge is 0.327 e. The molecule has 2 atom stereocenters. The van der Waals surface area contributed by atoms with Gasteiger partial charge >= 0.3 is 5.97 Å². The highest BCUT2D eigenvalue weighted by atomic mass is 16.5. The van der Waals surface area contributed by atoms with Crippen molar-refractivity contribution in [3.05, 3.63) is 71.8 Å². The van der Waals surface area contributed by atoms with Crippen LogP contribution >= 0.6 is 0 Å². The van der Waals surface area contributed by atoms with Gasteiger partial charge in [0, 0.05) is 12.5 Å². The molecule has 1 saturated heterocycles. The molecule has 1 amide bonds. The molecule has 1 fully saturated rings. The van der Waals surface area contributed by atoms with Crippen molar-refractivity contribution < 1.29 is 19.4 Å². The molecule has 0 aromatic heterocycles. The van der Waals surface area contributed by atoms with E-state index in [2.05, 4.69) is 5.32 Å². The molecule has 130 valence electrons. The zero-order valence-electron chi connectivity index (χ0n) is 13.8. The van der Waals surface area contributed by atoms with E-state index in [4.69, 9.17) is 4.74 Å². The van der Waals surface area contributed by atoms with Gasteiger partial charge in [-0.15, -0.1) is 0 Å². The van der Waals surface area contributed by atoms with Crippen molar-refractivity contribution in [1.29, 1.82) is 0 Å². The van der Waals surface area contributed by atoms with Gasteiger partial charge in [0.05, 0.1) is 12.5 Å². The van der Waals surface area contributed by atoms with E-state index < -0.39 is 17.9 Å². The molecule has 2 aromatic rings. The van der Waals surface area contributed by atoms with Crippen LogP contribution in [0, 0.1) is 5.92 Å². The molecule has 2 N–H and O–H groups in total. The summed E-state index contributed by atoms with van der Waals surface area (Å²) in [4.78, 5) is 24.5. The lowest BCUT2D eigenvalue weighted by atomic mass is 9.84. The van der Waals surface area contributed by atoms with E-state index in [1.54, 1.807) is 0 Å². The van der Waals surface area contributed by atoms with E-state index >= 15 is 0 Å². The molecule has 5 heteroatoms. The minimum absolute atomic E-state index is 0.262. The molecule has 0 bridgehead atoms. The number of amides is 1. The SMILES string of the molecule is O=C(N[C@@H](C(=O)O)C(c1ccccc1)c1ccccc1)[C@H]1CCOC1. The van der Waals surface area contributed by atoms with Crippen LogP contribution in [-0.4, -0.2) is 36.2 Å². The van der Waals surface area contributed by atoms with Gasteiger partial charge in [0.2, 0.25) is 5.91 Å². The molecule has 0 radical (unpaired) electrons. The number of carbonyl (C=O) groups is 2. The fourth-order valence-corrected chi connectivity index (χ4v) is 3.20. The Morgan fingerprint density at radius 2 is 1.56 bits per heavy atom. The number of carboxylic acids is 1. The number of nitrogens with one attached hydrogen (secondary N) is 1. The molecule has 25 heavy (non-hydrogen) atoms. The third-order valence-corrected chi connectivity index (χ3v) is 4.52. The Morgan fingerprint density at radius 3 is 2.00 bits per heavy atom. The lowest BCUT2D eigenvalue weighted by Crippen LogP contribution is -2.47. The monoisotopic (exact) mass is 339 g/mol. The van der Waals surface area contributed by atoms with E-state index in [9.17, 15) is 14.7 Å². The Morgan fingerprint density at radius 1 is 1.00 bits per heavy atom. The van der Waals surface area contributed by atoms with E-state index in [0.29, 0.717) is 19.6 Å². The number of hydrogen-bond acceptors (Lipinski definition) is 3. The maximum atomic E-state index is 12.5. The van der Waals surface area contributed by atoms with Crippen LogP contribution < -0.4 is 5.32 Å². The molecule has 0 saturated carbocycles. The Bertz CT molecular complexity index is 671. The largest absolute Gasteiger partial charge is 0.480 e. The van der Waals surface area contributed by atoms with Crippen molar-refractivity contribution in [2.24, 2.45) is 5.92 Å². The average molecular weight is 339 g/mol. The molecule has 5 nitrogen and oxygen atoms in total. The number of carboxylic acid groups (broad SMARTS) is 1. The minimum atomic E-state index is -1.05. The van der Waals surface area contributed by atoms with Gasteiger partial charge in [-0.2, -0.15) is 0 Å². The lowest BCUT2D eigenvalue weighted by molar-refractivity contribution is -0.142. The van der Waals surface area contributed by atoms with Crippen LogP contribution in [0.2, 0.25) is 0 Å². The molecule has 2 aromatic carbocycles. The highest BCUT2D eigenvalue weighted by molar-refractivity contribution is 5.86. The maximum absolute atomic E-state index is 12.5. The number of hydrogen-bond donors (Lipinski definition) is 2. The van der Waals surface area contributed by atoms with Gasteiger partial charge < -0.3 is 15.2 Å². The predicted molar refractivity (Wildman–Crippen MR) is 93.2 cm³/mol. The third kappa shape index (κ3) is 4.06. The molecule has 1 aliphatic rings. The van der Waals surface area contributed by atoms with Crippen molar-refractivity contribution in [3.8, 4) is 0 Å². The first kappa shape index (κ1) is 17.2. The quantitative estimate of drug-likeness (QED) is 0.847. The minimum Gasteiger partial charge on any atom is -0.480 e. The summed E-state index contributed by atoms with van der Waals surface area (Å²) < 4.78 is 5.24. The van der Waals surface area contributed by atoms with Gasteiger partial charge in [0.25, 0.3) is 0 Å². The number of benzene rings is 2. The Hall–Kier alpha value is -2.66. The second kappa shape index (κ2) is 7.94. The highest BCUT2D eigenvalue weighted by Crippen LogP contribution is 2.29. The molecule has 0 unspecified atom stereocenters. The molecule has 0 aliphatic carbocycles. The van der Waals surface area contributed by atoms with Crippen LogP contribution in [0.25, 0.3) is 0 Å². The van der Waals surface area contributed by atoms with Gasteiger partial charge in [-0.3, -0.25) is 4.79 Å². The summed E-state index contributed by atoms with van der Waals surface area (Å²) in [7, 11) is 0. The van der Waals surface area contributed by atoms with Crippen LogP contribution in [0.15, 0.2) is 60.7 Å². The number of aliphatic carboxylic acids is 1. The van der Waals surface area contributed by atoms with Crippen LogP contribution in [0.5, 0.6) is 0 Å². The number of carbonyl (C=O) groups excluding carboxylic acids is 1. The van der Waals surface area contributed by atoms with Crippen molar-refractivity contribution >= 4 is 11.9 Å². The second-order valence-corrected chi connectivity index (χ2v) is 6.18. The first-order chi connectivity index (χ1) is 12.2. The molecule has 1 aliphatic heterocycles. The summed E-state index contributed by atoms with van der Waals surface area (Å²) in [5, 5.41) is 12.5. The number of rotatable bonds is 6. The zero-order chi connectivity index (χ0) is 17.6. The Kier molecular flexibility index (Phi) is 5.46. The zero-order valence-corrected chi connectivity index (χ0v) is 13.8. The maximum Gasteiger partial charge on any atom is 0.327 e. The van der Waals surface area contributed by atoms with Crippen LogP contribution in [0.4, 0.5) is 0 Å². The van der Waals surface area contributed by atoms with E-state index in [0.717, 1.165) is 11.1 Å². The summed E-state index contributed by atoms with van der Waals surface area (Å²) >= 11 is 0. The molecule has 1 heterocycles. The first-order valence-electron chi connectivity index (χ1n) is 8.37. The van der Waals surface area contributed by atoms with Crippen LogP contribution in [0.1, 0.15) is 23.5 Å². The van der Waals surface area contributed by atoms with E-state index in [-0.39, 0.29) is 11.8 Å². The van der Waals surface area contributed by atoms with Gasteiger partial charge in [-0.25, -0.2) is 4.79 Å². The molecule has 0 spiro atoms. The van der Waals surface area contributed by atoms with Gasteiger partial charge in [0.15, 0.2) is 0 Å². The Balaban J connectivity index is 1.93. The number of ether oxygens (including phenoxy) is 1. The van der Waals surface area contributed by atoms with Crippen molar-refractivity contribution in [1.82, 2.24) is 5.32 Å². The first-order valence-corrected chi connectivity index (χ1v) is 8.37. The van der Waals surface area contributed by atoms with Crippen molar-refractivity contribution in [2.45, 2.75) is 18.4 Å². The van der Waals surface area contributed by atoms with E-state index in [1.807, 2.05) is 60.7 Å². The summed E-state index contributed by atoms with van der Waals surface area (Å²) in [6.07, 6.45) is 0.625. The predicted octanol–water partition coefficient (Wildman–Crippen LogP) is 2.42. The average Bonchev–Trinajstić information content (AvgIpc) is 3.17. The molecular weight excluding hydrogens is 318 g/mol. The summed E-state index contributed by atoms with van der Waals surface area (Å²) in [5.74, 6) is -2.06. The van der Waals surface area contributed by atoms with Crippen molar-refractivity contribution in [2.75, 3.05) is 13.2 Å². The van der Waals surface area contributed by atoms with E-state index in [1.165, 1.54) is 0 Å². The fraction of sp³-hybridized carbons (Fsp3) is 0.300. The standard InChI is InChI=1S/C20H21NO4/c22-19(16-11-12-25-13-16)21-18(20(23)24)17(14-7-3-1-4-8-14)15-9-5-2-6-10-15/h1-10,16-18H,11-13H2,(H,21,22)(H,23,24)/t16-,18+/m0/s1.